The molecule has 0 unspecified atom stereocenters. The van der Waals surface area contributed by atoms with Crippen LogP contribution in [0, 0.1) is 5.92 Å². The number of methoxy groups -OCH3 is 1. The summed E-state index contributed by atoms with van der Waals surface area (Å²) in [5.74, 6) is 0.353. The number of piperidine rings is 1. The number of nitrogens with one attached hydrogen (secondary N) is 1. The van der Waals surface area contributed by atoms with Gasteiger partial charge in [0.15, 0.2) is 5.75 Å². The van der Waals surface area contributed by atoms with E-state index in [1.807, 2.05) is 18.2 Å². The van der Waals surface area contributed by atoms with E-state index in [2.05, 4.69) is 5.32 Å². The molecule has 0 aromatic heterocycles. The number of ether oxygens (including phenoxy) is 2. The number of rotatable bonds is 7. The lowest BCUT2D eigenvalue weighted by molar-refractivity contribution is -0.120. The van der Waals surface area contributed by atoms with Crippen molar-refractivity contribution in [3.8, 4) is 17.2 Å². The van der Waals surface area contributed by atoms with Crippen molar-refractivity contribution >= 4 is 44.8 Å². The van der Waals surface area contributed by atoms with E-state index in [0.717, 1.165) is 0 Å². The summed E-state index contributed by atoms with van der Waals surface area (Å²) in [4.78, 5) is 13.2. The van der Waals surface area contributed by atoms with Crippen LogP contribution in [0.1, 0.15) is 12.8 Å². The van der Waals surface area contributed by atoms with Gasteiger partial charge in [0.2, 0.25) is 15.9 Å². The number of amides is 1. The molecule has 1 heterocycles. The summed E-state index contributed by atoms with van der Waals surface area (Å²) < 4.78 is 39.2. The van der Waals surface area contributed by atoms with Crippen molar-refractivity contribution in [1.82, 2.24) is 4.31 Å². The Balaban J connectivity index is 1.53. The van der Waals surface area contributed by atoms with Gasteiger partial charge in [0, 0.05) is 23.1 Å². The Morgan fingerprint density at radius 3 is 2.40 bits per heavy atom. The minimum absolute atomic E-state index is 0.0260. The number of benzene rings is 3. The molecular formula is C25H24Cl2N2O5S. The minimum Gasteiger partial charge on any atom is -0.495 e. The second-order valence-electron chi connectivity index (χ2n) is 8.04. The summed E-state index contributed by atoms with van der Waals surface area (Å²) in [7, 11) is -2.53. The molecule has 1 saturated heterocycles. The van der Waals surface area contributed by atoms with Crippen molar-refractivity contribution in [3.05, 3.63) is 76.8 Å². The number of halogens is 2. The predicted molar refractivity (Wildman–Crippen MR) is 136 cm³/mol. The third kappa shape index (κ3) is 5.90. The zero-order chi connectivity index (χ0) is 25.0. The molecule has 1 aliphatic heterocycles. The first-order chi connectivity index (χ1) is 16.8. The van der Waals surface area contributed by atoms with Crippen molar-refractivity contribution in [3.63, 3.8) is 0 Å². The number of anilines is 1. The van der Waals surface area contributed by atoms with Crippen molar-refractivity contribution in [2.45, 2.75) is 17.7 Å². The zero-order valence-electron chi connectivity index (χ0n) is 18.9. The molecule has 0 aliphatic carbocycles. The molecule has 10 heteroatoms. The highest BCUT2D eigenvalue weighted by Gasteiger charge is 2.35. The Kier molecular flexibility index (Phi) is 7.86. The molecule has 1 aliphatic rings. The van der Waals surface area contributed by atoms with Gasteiger partial charge in [0.25, 0.3) is 0 Å². The first-order valence-electron chi connectivity index (χ1n) is 10.9. The van der Waals surface area contributed by atoms with Gasteiger partial charge < -0.3 is 14.8 Å². The van der Waals surface area contributed by atoms with Crippen LogP contribution in [0.25, 0.3) is 0 Å². The maximum Gasteiger partial charge on any atom is 0.246 e. The molecule has 7 nitrogen and oxygen atoms in total. The Morgan fingerprint density at radius 2 is 1.69 bits per heavy atom. The number of carbonyl (C=O) groups is 1. The van der Waals surface area contributed by atoms with E-state index in [1.165, 1.54) is 23.5 Å². The zero-order valence-corrected chi connectivity index (χ0v) is 21.2. The van der Waals surface area contributed by atoms with Crippen LogP contribution in [0.3, 0.4) is 0 Å². The fourth-order valence-corrected chi connectivity index (χ4v) is 6.02. The molecular weight excluding hydrogens is 511 g/mol. The number of hydrogen-bond acceptors (Lipinski definition) is 5. The highest BCUT2D eigenvalue weighted by molar-refractivity contribution is 7.89. The van der Waals surface area contributed by atoms with Gasteiger partial charge in [-0.25, -0.2) is 8.42 Å². The molecule has 1 N–H and O–H groups in total. The van der Waals surface area contributed by atoms with E-state index >= 15 is 0 Å². The number of hydrogen-bond donors (Lipinski definition) is 1. The number of sulfonamides is 1. The Hall–Kier alpha value is -2.78. The predicted octanol–water partition coefficient (Wildman–Crippen LogP) is 5.83. The third-order valence-electron chi connectivity index (χ3n) is 5.67. The Bertz CT molecular complexity index is 1320. The maximum atomic E-state index is 13.4. The molecule has 35 heavy (non-hydrogen) atoms. The lowest BCUT2D eigenvalue weighted by Crippen LogP contribution is -2.43. The maximum absolute atomic E-state index is 13.4. The number of para-hydroxylation sites is 1. The Morgan fingerprint density at radius 1 is 1.00 bits per heavy atom. The second-order valence-corrected chi connectivity index (χ2v) is 10.8. The molecule has 1 amide bonds. The molecule has 184 valence electrons. The molecule has 1 fully saturated rings. The SMILES string of the molecule is COc1ccc(Cl)cc1S(=O)(=O)N1CCC[C@@H](C(=O)Nc2cc(Cl)ccc2Oc2ccccc2)C1. The third-order valence-corrected chi connectivity index (χ3v) is 8.03. The molecule has 4 rings (SSSR count). The van der Waals surface area contributed by atoms with Gasteiger partial charge in [-0.1, -0.05) is 41.4 Å². The van der Waals surface area contributed by atoms with Gasteiger partial charge in [-0.05, 0) is 61.4 Å². The van der Waals surface area contributed by atoms with Crippen LogP contribution in [0.4, 0.5) is 5.69 Å². The van der Waals surface area contributed by atoms with Crippen LogP contribution in [0.2, 0.25) is 10.0 Å². The molecule has 1 atom stereocenters. The van der Waals surface area contributed by atoms with E-state index in [1.54, 1.807) is 36.4 Å². The molecule has 0 saturated carbocycles. The number of carbonyl (C=O) groups excluding carboxylic acids is 1. The minimum atomic E-state index is -3.92. The fraction of sp³-hybridized carbons (Fsp3) is 0.240. The van der Waals surface area contributed by atoms with Gasteiger partial charge in [-0.3, -0.25) is 4.79 Å². The van der Waals surface area contributed by atoms with Gasteiger partial charge in [0.05, 0.1) is 18.7 Å². The van der Waals surface area contributed by atoms with Crippen LogP contribution in [0.15, 0.2) is 71.6 Å². The quantitative estimate of drug-likeness (QED) is 0.411. The summed E-state index contributed by atoms with van der Waals surface area (Å²) >= 11 is 12.2. The topological polar surface area (TPSA) is 84.9 Å². The molecule has 0 spiro atoms. The van der Waals surface area contributed by atoms with E-state index < -0.39 is 15.9 Å². The standard InChI is InChI=1S/C25H24Cl2N2O5S/c1-33-23-12-10-19(27)15-24(23)35(31,32)29-13-5-6-17(16-29)25(30)28-21-14-18(26)9-11-22(21)34-20-7-3-2-4-8-20/h2-4,7-12,14-15,17H,5-6,13,16H2,1H3,(H,28,30)/t17-/m1/s1. The van der Waals surface area contributed by atoms with Crippen LogP contribution >= 0.6 is 23.2 Å². The van der Waals surface area contributed by atoms with Crippen molar-refractivity contribution in [2.24, 2.45) is 5.92 Å². The normalized spacial score (nSPS) is 16.5. The smallest absolute Gasteiger partial charge is 0.246 e. The molecule has 3 aromatic rings. The monoisotopic (exact) mass is 534 g/mol. The summed E-state index contributed by atoms with van der Waals surface area (Å²) in [5, 5.41) is 3.58. The van der Waals surface area contributed by atoms with Crippen LogP contribution in [-0.2, 0) is 14.8 Å². The first kappa shape index (κ1) is 25.3. The van der Waals surface area contributed by atoms with Crippen molar-refractivity contribution < 1.29 is 22.7 Å². The first-order valence-corrected chi connectivity index (χ1v) is 13.1. The van der Waals surface area contributed by atoms with Gasteiger partial charge in [-0.15, -0.1) is 0 Å². The average Bonchev–Trinajstić information content (AvgIpc) is 2.86. The van der Waals surface area contributed by atoms with Gasteiger partial charge in [0.1, 0.15) is 16.4 Å². The lowest BCUT2D eigenvalue weighted by atomic mass is 9.98. The van der Waals surface area contributed by atoms with Crippen LogP contribution in [-0.4, -0.2) is 38.8 Å². The van der Waals surface area contributed by atoms with E-state index in [-0.39, 0.29) is 28.1 Å². The van der Waals surface area contributed by atoms with E-state index in [0.29, 0.717) is 41.6 Å². The summed E-state index contributed by atoms with van der Waals surface area (Å²) in [5.41, 5.74) is 0.405. The van der Waals surface area contributed by atoms with Crippen molar-refractivity contribution in [1.29, 1.82) is 0 Å². The van der Waals surface area contributed by atoms with E-state index in [4.69, 9.17) is 32.7 Å². The lowest BCUT2D eigenvalue weighted by Gasteiger charge is -2.31. The highest BCUT2D eigenvalue weighted by Crippen LogP contribution is 2.34. The molecule has 0 bridgehead atoms. The fourth-order valence-electron chi connectivity index (χ4n) is 3.91. The molecule has 3 aromatic carbocycles. The second kappa shape index (κ2) is 10.9. The van der Waals surface area contributed by atoms with Crippen LogP contribution in [0.5, 0.6) is 17.2 Å². The van der Waals surface area contributed by atoms with Gasteiger partial charge in [-0.2, -0.15) is 4.31 Å². The largest absolute Gasteiger partial charge is 0.495 e. The van der Waals surface area contributed by atoms with Crippen LogP contribution < -0.4 is 14.8 Å². The number of nitrogens with zero attached hydrogens (tertiary/aromatic N) is 1. The Labute approximate surface area is 214 Å². The highest BCUT2D eigenvalue weighted by atomic mass is 35.5. The van der Waals surface area contributed by atoms with Crippen molar-refractivity contribution in [2.75, 3.05) is 25.5 Å². The summed E-state index contributed by atoms with van der Waals surface area (Å²) in [6, 6.07) is 18.5. The molecule has 0 radical (unpaired) electrons. The summed E-state index contributed by atoms with van der Waals surface area (Å²) in [6.45, 7) is 0.320. The summed E-state index contributed by atoms with van der Waals surface area (Å²) in [6.07, 6.45) is 1.07. The van der Waals surface area contributed by atoms with Gasteiger partial charge >= 0.3 is 0 Å². The average molecular weight is 535 g/mol. The van der Waals surface area contributed by atoms with E-state index in [9.17, 15) is 13.2 Å².